The van der Waals surface area contributed by atoms with Crippen molar-refractivity contribution >= 4 is 22.7 Å². The number of carbonyl (C=O) groups is 1. The number of nitrogens with zero attached hydrogens (tertiary/aromatic N) is 2. The van der Waals surface area contributed by atoms with Crippen molar-refractivity contribution in [1.82, 2.24) is 9.88 Å². The zero-order chi connectivity index (χ0) is 19.2. The van der Waals surface area contributed by atoms with Crippen LogP contribution in [0.3, 0.4) is 0 Å². The Morgan fingerprint density at radius 2 is 2.00 bits per heavy atom. The van der Waals surface area contributed by atoms with Gasteiger partial charge in [0.15, 0.2) is 0 Å². The van der Waals surface area contributed by atoms with Gasteiger partial charge >= 0.3 is 5.97 Å². The fourth-order valence-electron chi connectivity index (χ4n) is 4.20. The van der Waals surface area contributed by atoms with Crippen LogP contribution in [0.25, 0.3) is 10.9 Å². The van der Waals surface area contributed by atoms with Crippen LogP contribution in [0.5, 0.6) is 0 Å². The van der Waals surface area contributed by atoms with Gasteiger partial charge in [0.1, 0.15) is 5.82 Å². The summed E-state index contributed by atoms with van der Waals surface area (Å²) in [5, 5.41) is 13.5. The number of rotatable bonds is 8. The van der Waals surface area contributed by atoms with Crippen molar-refractivity contribution < 1.29 is 9.90 Å². The zero-order valence-electron chi connectivity index (χ0n) is 16.4. The van der Waals surface area contributed by atoms with E-state index in [1.807, 2.05) is 18.2 Å². The number of fused-ring (bicyclic) bond motifs is 1. The van der Waals surface area contributed by atoms with Crippen LogP contribution >= 0.6 is 0 Å². The number of carboxylic acids is 1. The minimum atomic E-state index is -0.917. The largest absolute Gasteiger partial charge is 0.478 e. The van der Waals surface area contributed by atoms with Crippen molar-refractivity contribution in [1.29, 1.82) is 0 Å². The van der Waals surface area contributed by atoms with Crippen molar-refractivity contribution in [3.05, 3.63) is 35.9 Å². The maximum atomic E-state index is 11.6. The Balaban J connectivity index is 1.60. The lowest BCUT2D eigenvalue weighted by Crippen LogP contribution is -2.42. The van der Waals surface area contributed by atoms with Crippen molar-refractivity contribution in [2.75, 3.05) is 18.4 Å². The van der Waals surface area contributed by atoms with E-state index in [4.69, 9.17) is 0 Å². The monoisotopic (exact) mass is 369 g/mol. The number of anilines is 1. The average Bonchev–Trinajstić information content (AvgIpc) is 2.67. The Morgan fingerprint density at radius 1 is 1.26 bits per heavy atom. The molecule has 0 radical (unpaired) electrons. The van der Waals surface area contributed by atoms with E-state index in [2.05, 4.69) is 29.0 Å². The first-order valence-corrected chi connectivity index (χ1v) is 10.2. The van der Waals surface area contributed by atoms with Crippen LogP contribution in [-0.4, -0.2) is 46.1 Å². The number of aromatic nitrogens is 1. The van der Waals surface area contributed by atoms with E-state index in [0.717, 1.165) is 25.6 Å². The molecule has 5 heteroatoms. The van der Waals surface area contributed by atoms with E-state index in [9.17, 15) is 9.90 Å². The Morgan fingerprint density at radius 3 is 2.70 bits per heavy atom. The minimum Gasteiger partial charge on any atom is -0.478 e. The second-order valence-electron chi connectivity index (χ2n) is 7.78. The molecule has 2 N–H and O–H groups in total. The molecule has 1 aliphatic rings. The Hall–Kier alpha value is -2.14. The quantitative estimate of drug-likeness (QED) is 0.656. The van der Waals surface area contributed by atoms with Gasteiger partial charge in [0.25, 0.3) is 0 Å². The normalized spacial score (nSPS) is 15.6. The summed E-state index contributed by atoms with van der Waals surface area (Å²) in [7, 11) is 0. The molecule has 146 valence electrons. The number of aromatic carboxylic acids is 1. The Labute approximate surface area is 161 Å². The number of pyridine rings is 1. The van der Waals surface area contributed by atoms with Crippen molar-refractivity contribution in [3.63, 3.8) is 0 Å². The van der Waals surface area contributed by atoms with Crippen LogP contribution in [0.4, 0.5) is 5.82 Å². The van der Waals surface area contributed by atoms with E-state index in [1.54, 1.807) is 12.1 Å². The van der Waals surface area contributed by atoms with Gasteiger partial charge < -0.3 is 10.4 Å². The molecular formula is C22H31N3O2. The van der Waals surface area contributed by atoms with E-state index in [1.165, 1.54) is 32.1 Å². The molecule has 1 heterocycles. The van der Waals surface area contributed by atoms with Crippen LogP contribution in [-0.2, 0) is 0 Å². The topological polar surface area (TPSA) is 65.5 Å². The molecule has 5 nitrogen and oxygen atoms in total. The summed E-state index contributed by atoms with van der Waals surface area (Å²) in [4.78, 5) is 18.8. The molecular weight excluding hydrogens is 338 g/mol. The standard InChI is InChI=1S/C22H31N3O2/c1-16(2)25(17-9-4-3-5-10-17)14-8-13-23-21-15-19(22(26)27)18-11-6-7-12-20(18)24-21/h6-7,11-12,15-17H,3-5,8-10,13-14H2,1-2H3,(H,23,24)(H,26,27). The Bertz CT molecular complexity index is 769. The third kappa shape index (κ3) is 4.98. The van der Waals surface area contributed by atoms with Crippen LogP contribution in [0, 0.1) is 0 Å². The number of nitrogens with one attached hydrogen (secondary N) is 1. The lowest BCUT2D eigenvalue weighted by molar-refractivity contribution is 0.0699. The lowest BCUT2D eigenvalue weighted by Gasteiger charge is -2.37. The summed E-state index contributed by atoms with van der Waals surface area (Å²) in [6, 6.07) is 10.3. The van der Waals surface area contributed by atoms with Crippen molar-refractivity contribution in [3.8, 4) is 0 Å². The van der Waals surface area contributed by atoms with Gasteiger partial charge in [-0.25, -0.2) is 9.78 Å². The van der Waals surface area contributed by atoms with Gasteiger partial charge in [0.05, 0.1) is 11.1 Å². The lowest BCUT2D eigenvalue weighted by atomic mass is 9.93. The minimum absolute atomic E-state index is 0.300. The summed E-state index contributed by atoms with van der Waals surface area (Å²) in [5.74, 6) is -0.278. The highest BCUT2D eigenvalue weighted by Gasteiger charge is 2.22. The van der Waals surface area contributed by atoms with Gasteiger partial charge in [-0.2, -0.15) is 0 Å². The third-order valence-corrected chi connectivity index (χ3v) is 5.55. The summed E-state index contributed by atoms with van der Waals surface area (Å²) < 4.78 is 0. The SMILES string of the molecule is CC(C)N(CCCNc1cc(C(=O)O)c2ccccc2n1)C1CCCCC1. The smallest absolute Gasteiger partial charge is 0.336 e. The molecule has 2 aromatic rings. The summed E-state index contributed by atoms with van der Waals surface area (Å²) >= 11 is 0. The highest BCUT2D eigenvalue weighted by molar-refractivity contribution is 6.03. The van der Waals surface area contributed by atoms with Gasteiger partial charge in [-0.3, -0.25) is 4.90 Å². The predicted octanol–water partition coefficient (Wildman–Crippen LogP) is 4.78. The highest BCUT2D eigenvalue weighted by Crippen LogP contribution is 2.24. The molecule has 0 unspecified atom stereocenters. The summed E-state index contributed by atoms with van der Waals surface area (Å²) in [6.45, 7) is 6.42. The fourth-order valence-corrected chi connectivity index (χ4v) is 4.20. The first-order chi connectivity index (χ1) is 13.1. The first kappa shape index (κ1) is 19.6. The maximum absolute atomic E-state index is 11.6. The van der Waals surface area contributed by atoms with Gasteiger partial charge in [-0.15, -0.1) is 0 Å². The Kier molecular flexibility index (Phi) is 6.67. The third-order valence-electron chi connectivity index (χ3n) is 5.55. The molecule has 0 aliphatic heterocycles. The van der Waals surface area contributed by atoms with Crippen LogP contribution in [0.15, 0.2) is 30.3 Å². The van der Waals surface area contributed by atoms with Crippen LogP contribution in [0.1, 0.15) is 62.7 Å². The molecule has 0 saturated heterocycles. The number of hydrogen-bond donors (Lipinski definition) is 2. The van der Waals surface area contributed by atoms with E-state index >= 15 is 0 Å². The average molecular weight is 370 g/mol. The van der Waals surface area contributed by atoms with Crippen LogP contribution < -0.4 is 5.32 Å². The molecule has 1 fully saturated rings. The first-order valence-electron chi connectivity index (χ1n) is 10.2. The molecule has 1 aromatic heterocycles. The molecule has 1 saturated carbocycles. The second kappa shape index (κ2) is 9.18. The molecule has 0 atom stereocenters. The molecule has 0 amide bonds. The van der Waals surface area contributed by atoms with Gasteiger partial charge in [0, 0.05) is 30.6 Å². The summed E-state index contributed by atoms with van der Waals surface area (Å²) in [6.07, 6.45) is 7.74. The number of benzene rings is 1. The van der Waals surface area contributed by atoms with E-state index in [-0.39, 0.29) is 0 Å². The van der Waals surface area contributed by atoms with Gasteiger partial charge in [-0.1, -0.05) is 37.5 Å². The van der Waals surface area contributed by atoms with Gasteiger partial charge in [-0.05, 0) is 45.2 Å². The summed E-state index contributed by atoms with van der Waals surface area (Å²) in [5.41, 5.74) is 1.01. The number of para-hydroxylation sites is 1. The second-order valence-corrected chi connectivity index (χ2v) is 7.78. The van der Waals surface area contributed by atoms with E-state index in [0.29, 0.717) is 28.3 Å². The fraction of sp³-hybridized carbons (Fsp3) is 0.545. The molecule has 27 heavy (non-hydrogen) atoms. The zero-order valence-corrected chi connectivity index (χ0v) is 16.4. The maximum Gasteiger partial charge on any atom is 0.336 e. The number of carboxylic acid groups (broad SMARTS) is 1. The molecule has 1 aromatic carbocycles. The van der Waals surface area contributed by atoms with Crippen molar-refractivity contribution in [2.24, 2.45) is 0 Å². The molecule has 1 aliphatic carbocycles. The van der Waals surface area contributed by atoms with Crippen LogP contribution in [0.2, 0.25) is 0 Å². The number of hydrogen-bond acceptors (Lipinski definition) is 4. The predicted molar refractivity (Wildman–Crippen MR) is 111 cm³/mol. The molecule has 3 rings (SSSR count). The molecule has 0 bridgehead atoms. The van der Waals surface area contributed by atoms with Crippen molar-refractivity contribution in [2.45, 2.75) is 64.5 Å². The van der Waals surface area contributed by atoms with Gasteiger partial charge in [0.2, 0.25) is 0 Å². The highest BCUT2D eigenvalue weighted by atomic mass is 16.4. The molecule has 0 spiro atoms. The van der Waals surface area contributed by atoms with E-state index < -0.39 is 5.97 Å².